The molecule has 2 saturated heterocycles. The summed E-state index contributed by atoms with van der Waals surface area (Å²) in [6.07, 6.45) is -1.55. The molecule has 2 aliphatic heterocycles. The fourth-order valence-corrected chi connectivity index (χ4v) is 2.98. The van der Waals surface area contributed by atoms with Gasteiger partial charge in [-0.1, -0.05) is 0 Å². The molecule has 2 heterocycles. The van der Waals surface area contributed by atoms with Gasteiger partial charge in [0.25, 0.3) is 0 Å². The Morgan fingerprint density at radius 1 is 1.39 bits per heavy atom. The zero-order chi connectivity index (χ0) is 16.1. The molecule has 0 amide bonds. The second kappa shape index (κ2) is 9.26. The highest BCUT2D eigenvalue weighted by molar-refractivity contribution is 14.0. The fourth-order valence-electron chi connectivity index (χ4n) is 2.98. The number of nitrogens with one attached hydrogen (secondary N) is 1. The van der Waals surface area contributed by atoms with Crippen LogP contribution < -0.4 is 5.32 Å². The van der Waals surface area contributed by atoms with Crippen LogP contribution in [0.4, 0.5) is 13.2 Å². The van der Waals surface area contributed by atoms with Gasteiger partial charge in [-0.25, -0.2) is 0 Å². The molecule has 0 aromatic rings. The summed E-state index contributed by atoms with van der Waals surface area (Å²) in [4.78, 5) is 6.45. The van der Waals surface area contributed by atoms with Gasteiger partial charge < -0.3 is 19.7 Å². The molecule has 0 aromatic heterocycles. The lowest BCUT2D eigenvalue weighted by Crippen LogP contribution is -2.42. The Hall–Kier alpha value is -0.290. The summed E-state index contributed by atoms with van der Waals surface area (Å²) in [6.45, 7) is 2.95. The van der Waals surface area contributed by atoms with Crippen LogP contribution in [-0.2, 0) is 9.47 Å². The van der Waals surface area contributed by atoms with Crippen LogP contribution >= 0.6 is 24.0 Å². The van der Waals surface area contributed by atoms with Crippen molar-refractivity contribution in [2.24, 2.45) is 10.4 Å². The Bertz CT molecular complexity index is 388. The van der Waals surface area contributed by atoms with Gasteiger partial charge in [0.1, 0.15) is 6.61 Å². The van der Waals surface area contributed by atoms with E-state index in [-0.39, 0.29) is 36.0 Å². The first-order valence-electron chi connectivity index (χ1n) is 7.62. The predicted octanol–water partition coefficient (Wildman–Crippen LogP) is 2.26. The smallest absolute Gasteiger partial charge is 0.381 e. The van der Waals surface area contributed by atoms with Crippen molar-refractivity contribution < 1.29 is 22.6 Å². The Balaban J connectivity index is 0.00000264. The molecule has 1 N–H and O–H groups in total. The van der Waals surface area contributed by atoms with E-state index in [0.29, 0.717) is 13.0 Å². The average molecular weight is 451 g/mol. The largest absolute Gasteiger partial charge is 0.411 e. The summed E-state index contributed by atoms with van der Waals surface area (Å²) in [5, 5.41) is 3.19. The van der Waals surface area contributed by atoms with E-state index in [0.717, 1.165) is 45.1 Å². The number of hydrogen-bond donors (Lipinski definition) is 1. The van der Waals surface area contributed by atoms with Gasteiger partial charge in [0.05, 0.1) is 6.61 Å². The van der Waals surface area contributed by atoms with Gasteiger partial charge in [-0.05, 0) is 19.3 Å². The molecular weight excluding hydrogens is 426 g/mol. The van der Waals surface area contributed by atoms with Crippen molar-refractivity contribution in [2.75, 3.05) is 53.1 Å². The van der Waals surface area contributed by atoms with Crippen LogP contribution in [-0.4, -0.2) is 70.1 Å². The van der Waals surface area contributed by atoms with Crippen LogP contribution in [0.1, 0.15) is 19.3 Å². The molecule has 5 nitrogen and oxygen atoms in total. The number of hydrogen-bond acceptors (Lipinski definition) is 3. The second-order valence-electron chi connectivity index (χ2n) is 5.97. The average Bonchev–Trinajstić information content (AvgIpc) is 3.08. The summed E-state index contributed by atoms with van der Waals surface area (Å²) in [6, 6.07) is 0. The standard InChI is InChI=1S/C14H24F3N3O2.HI/c1-18-12(19-5-2-7-21-11-14(15,16)17)20-6-3-13(9-20)4-8-22-10-13;/h2-11H2,1H3,(H,18,19);1H. The minimum Gasteiger partial charge on any atom is -0.381 e. The lowest BCUT2D eigenvalue weighted by Gasteiger charge is -2.24. The third kappa shape index (κ3) is 6.61. The summed E-state index contributed by atoms with van der Waals surface area (Å²) in [5.41, 5.74) is 0.257. The third-order valence-electron chi connectivity index (χ3n) is 4.15. The highest BCUT2D eigenvalue weighted by Gasteiger charge is 2.42. The van der Waals surface area contributed by atoms with Crippen LogP contribution in [0, 0.1) is 5.41 Å². The number of alkyl halides is 3. The van der Waals surface area contributed by atoms with Crippen LogP contribution in [0.5, 0.6) is 0 Å². The van der Waals surface area contributed by atoms with Crippen molar-refractivity contribution in [2.45, 2.75) is 25.4 Å². The lowest BCUT2D eigenvalue weighted by atomic mass is 9.87. The van der Waals surface area contributed by atoms with Crippen molar-refractivity contribution >= 4 is 29.9 Å². The van der Waals surface area contributed by atoms with Gasteiger partial charge in [0.15, 0.2) is 5.96 Å². The number of nitrogens with zero attached hydrogens (tertiary/aromatic N) is 2. The molecule has 0 radical (unpaired) electrons. The molecular formula is C14H25F3IN3O2. The minimum absolute atomic E-state index is 0. The van der Waals surface area contributed by atoms with Gasteiger partial charge in [-0.15, -0.1) is 24.0 Å². The Labute approximate surface area is 152 Å². The van der Waals surface area contributed by atoms with E-state index in [2.05, 4.69) is 19.9 Å². The van der Waals surface area contributed by atoms with E-state index in [4.69, 9.17) is 4.74 Å². The van der Waals surface area contributed by atoms with E-state index in [9.17, 15) is 13.2 Å². The normalized spacial score (nSPS) is 25.0. The van der Waals surface area contributed by atoms with Crippen molar-refractivity contribution in [3.05, 3.63) is 0 Å². The summed E-state index contributed by atoms with van der Waals surface area (Å²) >= 11 is 0. The van der Waals surface area contributed by atoms with Crippen LogP contribution in [0.3, 0.4) is 0 Å². The van der Waals surface area contributed by atoms with Crippen molar-refractivity contribution in [1.29, 1.82) is 0 Å². The molecule has 0 aromatic carbocycles. The first kappa shape index (κ1) is 20.8. The number of ether oxygens (including phenoxy) is 2. The van der Waals surface area contributed by atoms with Gasteiger partial charge >= 0.3 is 6.18 Å². The van der Waals surface area contributed by atoms with E-state index in [1.54, 1.807) is 7.05 Å². The van der Waals surface area contributed by atoms with Gasteiger partial charge in [0.2, 0.25) is 0 Å². The Kier molecular flexibility index (Phi) is 8.36. The number of aliphatic imine (C=N–C) groups is 1. The Morgan fingerprint density at radius 2 is 2.17 bits per heavy atom. The molecule has 9 heteroatoms. The minimum atomic E-state index is -4.25. The molecule has 1 atom stereocenters. The molecule has 1 spiro atoms. The van der Waals surface area contributed by atoms with Crippen molar-refractivity contribution in [3.63, 3.8) is 0 Å². The van der Waals surface area contributed by atoms with Gasteiger partial charge in [-0.2, -0.15) is 13.2 Å². The SMILES string of the molecule is CN=C(NCCCOCC(F)(F)F)N1CCC2(CCOC2)C1.I. The molecule has 136 valence electrons. The van der Waals surface area contributed by atoms with E-state index in [1.807, 2.05) is 0 Å². The summed E-state index contributed by atoms with van der Waals surface area (Å²) in [5.74, 6) is 0.805. The van der Waals surface area contributed by atoms with E-state index in [1.165, 1.54) is 0 Å². The zero-order valence-corrected chi connectivity index (χ0v) is 15.7. The molecule has 23 heavy (non-hydrogen) atoms. The predicted molar refractivity (Wildman–Crippen MR) is 92.3 cm³/mol. The van der Waals surface area contributed by atoms with Crippen molar-refractivity contribution in [1.82, 2.24) is 10.2 Å². The number of rotatable bonds is 5. The third-order valence-corrected chi connectivity index (χ3v) is 4.15. The molecule has 0 saturated carbocycles. The monoisotopic (exact) mass is 451 g/mol. The quantitative estimate of drug-likeness (QED) is 0.302. The maximum Gasteiger partial charge on any atom is 0.411 e. The Morgan fingerprint density at radius 3 is 2.78 bits per heavy atom. The maximum absolute atomic E-state index is 11.9. The molecule has 2 fully saturated rings. The lowest BCUT2D eigenvalue weighted by molar-refractivity contribution is -0.173. The number of likely N-dealkylation sites (tertiary alicyclic amines) is 1. The molecule has 2 rings (SSSR count). The maximum atomic E-state index is 11.9. The molecule has 2 aliphatic rings. The number of guanidine groups is 1. The van der Waals surface area contributed by atoms with Crippen LogP contribution in [0.25, 0.3) is 0 Å². The van der Waals surface area contributed by atoms with E-state index >= 15 is 0 Å². The van der Waals surface area contributed by atoms with Gasteiger partial charge in [-0.3, -0.25) is 4.99 Å². The molecule has 0 bridgehead atoms. The van der Waals surface area contributed by atoms with Gasteiger partial charge in [0, 0.05) is 45.3 Å². The topological polar surface area (TPSA) is 46.1 Å². The second-order valence-corrected chi connectivity index (χ2v) is 5.97. The van der Waals surface area contributed by atoms with Crippen LogP contribution in [0.15, 0.2) is 4.99 Å². The molecule has 0 aliphatic carbocycles. The highest BCUT2D eigenvalue weighted by Crippen LogP contribution is 2.38. The van der Waals surface area contributed by atoms with Crippen molar-refractivity contribution in [3.8, 4) is 0 Å². The first-order chi connectivity index (χ1) is 10.4. The highest BCUT2D eigenvalue weighted by atomic mass is 127. The summed E-state index contributed by atoms with van der Waals surface area (Å²) in [7, 11) is 1.72. The first-order valence-corrected chi connectivity index (χ1v) is 7.62. The number of halogens is 4. The summed E-state index contributed by atoms with van der Waals surface area (Å²) < 4.78 is 45.8. The van der Waals surface area contributed by atoms with E-state index < -0.39 is 12.8 Å². The van der Waals surface area contributed by atoms with Crippen LogP contribution in [0.2, 0.25) is 0 Å². The fraction of sp³-hybridized carbons (Fsp3) is 0.929. The zero-order valence-electron chi connectivity index (χ0n) is 13.3. The molecule has 1 unspecified atom stereocenters.